The molecule has 0 radical (unpaired) electrons. The zero-order valence-corrected chi connectivity index (χ0v) is 12.3. The van der Waals surface area contributed by atoms with Gasteiger partial charge in [0.1, 0.15) is 0 Å². The zero-order valence-electron chi connectivity index (χ0n) is 11.5. The molecule has 1 saturated heterocycles. The average molecular weight is 283 g/mol. The summed E-state index contributed by atoms with van der Waals surface area (Å²) in [6.07, 6.45) is 0. The number of nitrogens with one attached hydrogen (secondary N) is 1. The molecule has 6 heteroatoms. The molecule has 1 aromatic rings. The lowest BCUT2D eigenvalue weighted by Crippen LogP contribution is -2.50. The molecule has 106 valence electrons. The second-order valence-electron chi connectivity index (χ2n) is 4.90. The molecule has 19 heavy (non-hydrogen) atoms. The largest absolute Gasteiger partial charge is 0.314 e. The molecule has 1 fully saturated rings. The summed E-state index contributed by atoms with van der Waals surface area (Å²) >= 11 is 0. The molecule has 0 unspecified atom stereocenters. The van der Waals surface area contributed by atoms with E-state index in [0.717, 1.165) is 18.7 Å². The average Bonchev–Trinajstić information content (AvgIpc) is 2.42. The van der Waals surface area contributed by atoms with Gasteiger partial charge in [0.25, 0.3) is 10.2 Å². The Hall–Kier alpha value is -0.950. The van der Waals surface area contributed by atoms with Gasteiger partial charge in [-0.1, -0.05) is 29.8 Å². The summed E-state index contributed by atoms with van der Waals surface area (Å²) in [4.78, 5) is 0. The standard InChI is InChI=1S/C13H21N3O2S/c1-12-3-5-13(6-4-12)11-15(2)19(17,18)16-9-7-14-8-10-16/h3-6,14H,7-11H2,1-2H3. The first-order valence-electron chi connectivity index (χ1n) is 6.48. The lowest BCUT2D eigenvalue weighted by molar-refractivity contribution is 0.324. The van der Waals surface area contributed by atoms with Gasteiger partial charge in [-0.05, 0) is 12.5 Å². The maximum atomic E-state index is 12.4. The van der Waals surface area contributed by atoms with Crippen molar-refractivity contribution < 1.29 is 8.42 Å². The highest BCUT2D eigenvalue weighted by Gasteiger charge is 2.27. The molecule has 0 amide bonds. The Morgan fingerprint density at radius 3 is 2.37 bits per heavy atom. The Balaban J connectivity index is 2.05. The monoisotopic (exact) mass is 283 g/mol. The summed E-state index contributed by atoms with van der Waals surface area (Å²) in [5.41, 5.74) is 2.18. The van der Waals surface area contributed by atoms with Crippen molar-refractivity contribution in [3.8, 4) is 0 Å². The molecule has 0 aliphatic carbocycles. The van der Waals surface area contributed by atoms with Crippen molar-refractivity contribution in [1.29, 1.82) is 0 Å². The van der Waals surface area contributed by atoms with Crippen molar-refractivity contribution in [2.75, 3.05) is 33.2 Å². The molecule has 0 aromatic heterocycles. The minimum Gasteiger partial charge on any atom is -0.314 e. The first-order chi connectivity index (χ1) is 9.00. The van der Waals surface area contributed by atoms with Crippen LogP contribution in [0.1, 0.15) is 11.1 Å². The first kappa shape index (κ1) is 14.5. The second kappa shape index (κ2) is 6.00. The molecule has 5 nitrogen and oxygen atoms in total. The molecule has 0 atom stereocenters. The maximum absolute atomic E-state index is 12.4. The number of piperazine rings is 1. The van der Waals surface area contributed by atoms with Crippen LogP contribution in [0.4, 0.5) is 0 Å². The van der Waals surface area contributed by atoms with E-state index in [-0.39, 0.29) is 0 Å². The smallest absolute Gasteiger partial charge is 0.282 e. The van der Waals surface area contributed by atoms with Gasteiger partial charge in [0, 0.05) is 39.8 Å². The van der Waals surface area contributed by atoms with Gasteiger partial charge in [0.2, 0.25) is 0 Å². The van der Waals surface area contributed by atoms with Gasteiger partial charge in [-0.2, -0.15) is 17.0 Å². The van der Waals surface area contributed by atoms with Gasteiger partial charge in [0.15, 0.2) is 0 Å². The topological polar surface area (TPSA) is 52.7 Å². The number of benzene rings is 1. The van der Waals surface area contributed by atoms with Crippen LogP contribution in [-0.2, 0) is 16.8 Å². The van der Waals surface area contributed by atoms with Crippen molar-refractivity contribution in [2.24, 2.45) is 0 Å². The number of hydrogen-bond acceptors (Lipinski definition) is 3. The number of nitrogens with zero attached hydrogens (tertiary/aromatic N) is 2. The van der Waals surface area contributed by atoms with Crippen molar-refractivity contribution in [3.05, 3.63) is 35.4 Å². The van der Waals surface area contributed by atoms with E-state index in [1.807, 2.05) is 31.2 Å². The molecule has 1 aliphatic rings. The normalized spacial score (nSPS) is 17.8. The van der Waals surface area contributed by atoms with E-state index < -0.39 is 10.2 Å². The number of hydrogen-bond donors (Lipinski definition) is 1. The van der Waals surface area contributed by atoms with Gasteiger partial charge < -0.3 is 5.32 Å². The van der Waals surface area contributed by atoms with Crippen LogP contribution in [-0.4, -0.2) is 50.3 Å². The fourth-order valence-corrected chi connectivity index (χ4v) is 3.45. The lowest BCUT2D eigenvalue weighted by atomic mass is 10.1. The minimum atomic E-state index is -3.34. The predicted molar refractivity (Wildman–Crippen MR) is 76.0 cm³/mol. The SMILES string of the molecule is Cc1ccc(CN(C)S(=O)(=O)N2CCNCC2)cc1. The summed E-state index contributed by atoms with van der Waals surface area (Å²) in [6, 6.07) is 7.94. The lowest BCUT2D eigenvalue weighted by Gasteiger charge is -2.30. The van der Waals surface area contributed by atoms with Gasteiger partial charge in [-0.15, -0.1) is 0 Å². The van der Waals surface area contributed by atoms with Crippen LogP contribution in [0.2, 0.25) is 0 Å². The number of aryl methyl sites for hydroxylation is 1. The fraction of sp³-hybridized carbons (Fsp3) is 0.538. The minimum absolute atomic E-state index is 0.409. The molecular weight excluding hydrogens is 262 g/mol. The third-order valence-electron chi connectivity index (χ3n) is 3.32. The highest BCUT2D eigenvalue weighted by atomic mass is 32.2. The molecule has 1 aliphatic heterocycles. The molecular formula is C13H21N3O2S. The maximum Gasteiger partial charge on any atom is 0.282 e. The first-order valence-corrected chi connectivity index (χ1v) is 7.87. The van der Waals surface area contributed by atoms with Gasteiger partial charge in [-0.25, -0.2) is 0 Å². The van der Waals surface area contributed by atoms with Crippen molar-refractivity contribution in [2.45, 2.75) is 13.5 Å². The summed E-state index contributed by atoms with van der Waals surface area (Å²) < 4.78 is 27.7. The summed E-state index contributed by atoms with van der Waals surface area (Å²) in [6.45, 7) is 4.95. The zero-order chi connectivity index (χ0) is 13.9. The quantitative estimate of drug-likeness (QED) is 0.879. The Kier molecular flexibility index (Phi) is 4.57. The van der Waals surface area contributed by atoms with Gasteiger partial charge >= 0.3 is 0 Å². The van der Waals surface area contributed by atoms with Crippen molar-refractivity contribution in [1.82, 2.24) is 13.9 Å². The Morgan fingerprint density at radius 2 is 1.79 bits per heavy atom. The molecule has 1 heterocycles. The van der Waals surface area contributed by atoms with E-state index in [2.05, 4.69) is 5.32 Å². The Morgan fingerprint density at radius 1 is 1.21 bits per heavy atom. The molecule has 0 spiro atoms. The molecule has 1 aromatic carbocycles. The van der Waals surface area contributed by atoms with Crippen LogP contribution >= 0.6 is 0 Å². The summed E-state index contributed by atoms with van der Waals surface area (Å²) in [5, 5.41) is 3.16. The van der Waals surface area contributed by atoms with E-state index in [1.165, 1.54) is 14.2 Å². The Labute approximate surface area is 115 Å². The molecule has 0 bridgehead atoms. The van der Waals surface area contributed by atoms with Gasteiger partial charge in [0.05, 0.1) is 0 Å². The van der Waals surface area contributed by atoms with Crippen LogP contribution in [0.25, 0.3) is 0 Å². The van der Waals surface area contributed by atoms with Crippen molar-refractivity contribution >= 4 is 10.2 Å². The van der Waals surface area contributed by atoms with Gasteiger partial charge in [-0.3, -0.25) is 0 Å². The highest BCUT2D eigenvalue weighted by Crippen LogP contribution is 2.12. The molecule has 0 saturated carbocycles. The van der Waals surface area contributed by atoms with Crippen molar-refractivity contribution in [3.63, 3.8) is 0 Å². The summed E-state index contributed by atoms with van der Waals surface area (Å²) in [5.74, 6) is 0. The number of rotatable bonds is 4. The van der Waals surface area contributed by atoms with E-state index in [1.54, 1.807) is 7.05 Å². The second-order valence-corrected chi connectivity index (χ2v) is 6.93. The fourth-order valence-electron chi connectivity index (χ4n) is 2.10. The van der Waals surface area contributed by atoms with Crippen LogP contribution in [0.15, 0.2) is 24.3 Å². The predicted octanol–water partition coefficient (Wildman–Crippen LogP) is 0.577. The molecule has 2 rings (SSSR count). The third kappa shape index (κ3) is 3.54. The summed E-state index contributed by atoms with van der Waals surface area (Å²) in [7, 11) is -1.71. The van der Waals surface area contributed by atoms with Crippen LogP contribution in [0, 0.1) is 6.92 Å². The van der Waals surface area contributed by atoms with Crippen LogP contribution in [0.3, 0.4) is 0 Å². The van der Waals surface area contributed by atoms with E-state index >= 15 is 0 Å². The third-order valence-corrected chi connectivity index (χ3v) is 5.26. The van der Waals surface area contributed by atoms with E-state index in [4.69, 9.17) is 0 Å². The Bertz CT molecular complexity index is 507. The molecule has 1 N–H and O–H groups in total. The van der Waals surface area contributed by atoms with Crippen LogP contribution < -0.4 is 5.32 Å². The van der Waals surface area contributed by atoms with E-state index in [0.29, 0.717) is 19.6 Å². The van der Waals surface area contributed by atoms with Crippen LogP contribution in [0.5, 0.6) is 0 Å². The van der Waals surface area contributed by atoms with E-state index in [9.17, 15) is 8.42 Å². The highest BCUT2D eigenvalue weighted by molar-refractivity contribution is 7.86.